The molecule has 1 unspecified atom stereocenters. The Labute approximate surface area is 125 Å². The van der Waals surface area contributed by atoms with Crippen LogP contribution in [0.25, 0.3) is 5.69 Å². The Morgan fingerprint density at radius 3 is 2.29 bits per heavy atom. The van der Waals surface area contributed by atoms with E-state index in [1.54, 1.807) is 0 Å². The van der Waals surface area contributed by atoms with Crippen molar-refractivity contribution in [3.63, 3.8) is 0 Å². The molecular formula is C18H19N3. The van der Waals surface area contributed by atoms with Crippen molar-refractivity contribution < 1.29 is 0 Å². The molecule has 1 atom stereocenters. The number of para-hydroxylation sites is 1. The van der Waals surface area contributed by atoms with E-state index in [4.69, 9.17) is 5.73 Å². The molecule has 106 valence electrons. The van der Waals surface area contributed by atoms with Crippen molar-refractivity contribution in [1.82, 2.24) is 9.78 Å². The monoisotopic (exact) mass is 277 g/mol. The van der Waals surface area contributed by atoms with Crippen molar-refractivity contribution in [3.8, 4) is 5.69 Å². The molecule has 0 spiro atoms. The summed E-state index contributed by atoms with van der Waals surface area (Å²) in [6.45, 7) is 4.19. The Bertz CT molecular complexity index is 724. The highest BCUT2D eigenvalue weighted by atomic mass is 15.3. The summed E-state index contributed by atoms with van der Waals surface area (Å²) in [6, 6.07) is 16.3. The van der Waals surface area contributed by atoms with E-state index < -0.39 is 0 Å². The lowest BCUT2D eigenvalue weighted by molar-refractivity contribution is 0.859. The molecular weight excluding hydrogens is 258 g/mol. The minimum atomic E-state index is -0.152. The molecule has 0 amide bonds. The quantitative estimate of drug-likeness (QED) is 0.795. The van der Waals surface area contributed by atoms with Crippen LogP contribution >= 0.6 is 0 Å². The highest BCUT2D eigenvalue weighted by molar-refractivity contribution is 5.37. The van der Waals surface area contributed by atoms with Gasteiger partial charge in [0, 0.05) is 11.8 Å². The molecule has 0 aliphatic heterocycles. The van der Waals surface area contributed by atoms with Crippen LogP contribution in [0, 0.1) is 13.8 Å². The van der Waals surface area contributed by atoms with E-state index in [1.807, 2.05) is 47.4 Å². The van der Waals surface area contributed by atoms with Crippen LogP contribution in [0.2, 0.25) is 0 Å². The molecule has 0 aliphatic rings. The summed E-state index contributed by atoms with van der Waals surface area (Å²) in [5.74, 6) is 0. The molecule has 0 radical (unpaired) electrons. The second-order valence-corrected chi connectivity index (χ2v) is 5.45. The molecule has 1 aromatic heterocycles. The number of aryl methyl sites for hydroxylation is 2. The Morgan fingerprint density at radius 1 is 0.952 bits per heavy atom. The maximum atomic E-state index is 6.39. The molecule has 3 heteroatoms. The molecule has 3 aromatic rings. The minimum absolute atomic E-state index is 0.152. The summed E-state index contributed by atoms with van der Waals surface area (Å²) in [6.07, 6.45) is 3.84. The van der Waals surface area contributed by atoms with E-state index in [0.717, 1.165) is 16.8 Å². The summed E-state index contributed by atoms with van der Waals surface area (Å²) in [7, 11) is 0. The number of hydrogen-bond acceptors (Lipinski definition) is 2. The van der Waals surface area contributed by atoms with Crippen LogP contribution in [0.1, 0.15) is 28.3 Å². The van der Waals surface area contributed by atoms with E-state index in [9.17, 15) is 0 Å². The Kier molecular flexibility index (Phi) is 3.59. The van der Waals surface area contributed by atoms with Crippen LogP contribution in [0.3, 0.4) is 0 Å². The minimum Gasteiger partial charge on any atom is -0.320 e. The van der Waals surface area contributed by atoms with Crippen LogP contribution in [-0.2, 0) is 0 Å². The first-order chi connectivity index (χ1) is 10.1. The smallest absolute Gasteiger partial charge is 0.0645 e. The summed E-state index contributed by atoms with van der Waals surface area (Å²) < 4.78 is 1.86. The molecule has 2 N–H and O–H groups in total. The third-order valence-electron chi connectivity index (χ3n) is 3.59. The van der Waals surface area contributed by atoms with Crippen molar-refractivity contribution in [2.24, 2.45) is 5.73 Å². The second-order valence-electron chi connectivity index (χ2n) is 5.45. The summed E-state index contributed by atoms with van der Waals surface area (Å²) >= 11 is 0. The van der Waals surface area contributed by atoms with Crippen LogP contribution in [0.15, 0.2) is 60.9 Å². The molecule has 2 aromatic carbocycles. The lowest BCUT2D eigenvalue weighted by atomic mass is 9.98. The lowest BCUT2D eigenvalue weighted by Crippen LogP contribution is -2.11. The summed E-state index contributed by atoms with van der Waals surface area (Å²) in [4.78, 5) is 0. The van der Waals surface area contributed by atoms with Gasteiger partial charge in [0.15, 0.2) is 0 Å². The third-order valence-corrected chi connectivity index (χ3v) is 3.59. The fraction of sp³-hybridized carbons (Fsp3) is 0.167. The number of nitrogens with two attached hydrogens (primary N) is 1. The third kappa shape index (κ3) is 2.88. The van der Waals surface area contributed by atoms with Gasteiger partial charge in [0.2, 0.25) is 0 Å². The van der Waals surface area contributed by atoms with Crippen molar-refractivity contribution in [2.75, 3.05) is 0 Å². The van der Waals surface area contributed by atoms with Gasteiger partial charge in [-0.3, -0.25) is 0 Å². The molecule has 3 rings (SSSR count). The van der Waals surface area contributed by atoms with Gasteiger partial charge in [0.05, 0.1) is 17.9 Å². The normalized spacial score (nSPS) is 12.3. The molecule has 21 heavy (non-hydrogen) atoms. The van der Waals surface area contributed by atoms with E-state index in [1.165, 1.54) is 11.1 Å². The number of nitrogens with zero attached hydrogens (tertiary/aromatic N) is 2. The van der Waals surface area contributed by atoms with Crippen LogP contribution in [0.5, 0.6) is 0 Å². The zero-order valence-corrected chi connectivity index (χ0v) is 12.3. The van der Waals surface area contributed by atoms with Gasteiger partial charge < -0.3 is 5.73 Å². The maximum Gasteiger partial charge on any atom is 0.0645 e. The number of aromatic nitrogens is 2. The molecule has 0 saturated heterocycles. The molecule has 0 aliphatic carbocycles. The predicted octanol–water partition coefficient (Wildman–Crippen LogP) is 3.54. The van der Waals surface area contributed by atoms with Gasteiger partial charge in [-0.15, -0.1) is 0 Å². The zero-order chi connectivity index (χ0) is 14.8. The van der Waals surface area contributed by atoms with Gasteiger partial charge in [0.1, 0.15) is 0 Å². The Hall–Kier alpha value is -2.39. The van der Waals surface area contributed by atoms with E-state index in [0.29, 0.717) is 0 Å². The van der Waals surface area contributed by atoms with Gasteiger partial charge in [-0.1, -0.05) is 47.5 Å². The molecule has 0 fully saturated rings. The first-order valence-electron chi connectivity index (χ1n) is 7.07. The van der Waals surface area contributed by atoms with E-state index in [2.05, 4.69) is 37.1 Å². The predicted molar refractivity (Wildman–Crippen MR) is 85.5 cm³/mol. The molecule has 0 bridgehead atoms. The van der Waals surface area contributed by atoms with Gasteiger partial charge in [0.25, 0.3) is 0 Å². The Morgan fingerprint density at radius 2 is 1.62 bits per heavy atom. The maximum absolute atomic E-state index is 6.39. The van der Waals surface area contributed by atoms with Gasteiger partial charge in [-0.05, 0) is 31.5 Å². The van der Waals surface area contributed by atoms with Gasteiger partial charge in [-0.2, -0.15) is 5.10 Å². The van der Waals surface area contributed by atoms with Crippen LogP contribution in [0.4, 0.5) is 0 Å². The van der Waals surface area contributed by atoms with Gasteiger partial charge >= 0.3 is 0 Å². The number of hydrogen-bond donors (Lipinski definition) is 1. The van der Waals surface area contributed by atoms with Crippen molar-refractivity contribution in [3.05, 3.63) is 83.2 Å². The fourth-order valence-corrected chi connectivity index (χ4v) is 2.60. The standard InChI is InChI=1S/C18H19N3/c1-13-8-14(2)10-15(9-13)18(19)16-11-20-21(12-16)17-6-4-3-5-7-17/h3-12,18H,19H2,1-2H3. The summed E-state index contributed by atoms with van der Waals surface area (Å²) in [5.41, 5.74) is 12.0. The summed E-state index contributed by atoms with van der Waals surface area (Å²) in [5, 5.41) is 4.41. The van der Waals surface area contributed by atoms with Crippen LogP contribution < -0.4 is 5.73 Å². The first kappa shape index (κ1) is 13.6. The Balaban J connectivity index is 1.92. The number of rotatable bonds is 3. The second kappa shape index (κ2) is 5.54. The first-order valence-corrected chi connectivity index (χ1v) is 7.07. The fourth-order valence-electron chi connectivity index (χ4n) is 2.60. The highest BCUT2D eigenvalue weighted by Crippen LogP contribution is 2.22. The average Bonchev–Trinajstić information content (AvgIpc) is 2.96. The van der Waals surface area contributed by atoms with E-state index >= 15 is 0 Å². The highest BCUT2D eigenvalue weighted by Gasteiger charge is 2.12. The van der Waals surface area contributed by atoms with Crippen LogP contribution in [-0.4, -0.2) is 9.78 Å². The largest absolute Gasteiger partial charge is 0.320 e. The van der Waals surface area contributed by atoms with Gasteiger partial charge in [-0.25, -0.2) is 4.68 Å². The van der Waals surface area contributed by atoms with Crippen molar-refractivity contribution in [2.45, 2.75) is 19.9 Å². The molecule has 1 heterocycles. The SMILES string of the molecule is Cc1cc(C)cc(C(N)c2cnn(-c3ccccc3)c2)c1. The van der Waals surface area contributed by atoms with Crippen molar-refractivity contribution in [1.29, 1.82) is 0 Å². The topological polar surface area (TPSA) is 43.8 Å². The lowest BCUT2D eigenvalue weighted by Gasteiger charge is -2.12. The van der Waals surface area contributed by atoms with Crippen molar-refractivity contribution >= 4 is 0 Å². The molecule has 0 saturated carbocycles. The molecule has 3 nitrogen and oxygen atoms in total. The zero-order valence-electron chi connectivity index (χ0n) is 12.3. The average molecular weight is 277 g/mol. The van der Waals surface area contributed by atoms with E-state index in [-0.39, 0.29) is 6.04 Å². The number of benzene rings is 2.